The summed E-state index contributed by atoms with van der Waals surface area (Å²) in [7, 11) is 0. The Balaban J connectivity index is 2.31. The zero-order valence-electron chi connectivity index (χ0n) is 13.8. The molecule has 1 aliphatic heterocycles. The number of nitrogens with two attached hydrogens (primary N) is 1. The smallest absolute Gasteiger partial charge is 0.225 e. The second-order valence-electron chi connectivity index (χ2n) is 6.43. The Morgan fingerprint density at radius 3 is 2.20 bits per heavy atom. The van der Waals surface area contributed by atoms with Gasteiger partial charge in [-0.05, 0) is 33.1 Å². The van der Waals surface area contributed by atoms with Crippen molar-refractivity contribution in [2.24, 2.45) is 11.7 Å². The molecule has 1 rings (SSSR count). The molecule has 2 N–H and O–H groups in total. The number of amides is 1. The molecule has 3 atom stereocenters. The predicted molar refractivity (Wildman–Crippen MR) is 84.6 cm³/mol. The van der Waals surface area contributed by atoms with Crippen molar-refractivity contribution in [2.45, 2.75) is 65.5 Å². The lowest BCUT2D eigenvalue weighted by atomic mass is 10.0. The van der Waals surface area contributed by atoms with Crippen LogP contribution in [0.4, 0.5) is 0 Å². The molecule has 20 heavy (non-hydrogen) atoms. The Labute approximate surface area is 124 Å². The van der Waals surface area contributed by atoms with E-state index < -0.39 is 0 Å². The van der Waals surface area contributed by atoms with Gasteiger partial charge < -0.3 is 10.6 Å². The molecule has 0 aromatic rings. The lowest BCUT2D eigenvalue weighted by Crippen LogP contribution is -2.52. The van der Waals surface area contributed by atoms with Gasteiger partial charge in [0.1, 0.15) is 0 Å². The van der Waals surface area contributed by atoms with Crippen LogP contribution in [0.5, 0.6) is 0 Å². The van der Waals surface area contributed by atoms with Crippen molar-refractivity contribution in [3.63, 3.8) is 0 Å². The maximum atomic E-state index is 12.4. The van der Waals surface area contributed by atoms with E-state index in [1.807, 2.05) is 6.92 Å². The van der Waals surface area contributed by atoms with Gasteiger partial charge in [-0.15, -0.1) is 0 Å². The molecule has 0 bridgehead atoms. The summed E-state index contributed by atoms with van der Waals surface area (Å²) in [6.07, 6.45) is 4.21. The van der Waals surface area contributed by atoms with E-state index in [2.05, 4.69) is 30.6 Å². The van der Waals surface area contributed by atoms with Crippen LogP contribution in [0, 0.1) is 5.92 Å². The maximum absolute atomic E-state index is 12.4. The summed E-state index contributed by atoms with van der Waals surface area (Å²) in [6, 6.07) is 0.882. The minimum Gasteiger partial charge on any atom is -0.340 e. The van der Waals surface area contributed by atoms with Gasteiger partial charge in [-0.25, -0.2) is 0 Å². The number of carbonyl (C=O) groups excluding carboxylic acids is 1. The average Bonchev–Trinajstić information content (AvgIpc) is 2.45. The molecule has 0 saturated carbocycles. The number of hydrogen-bond donors (Lipinski definition) is 1. The van der Waals surface area contributed by atoms with Crippen LogP contribution in [-0.2, 0) is 4.79 Å². The first-order valence-electron chi connectivity index (χ1n) is 8.24. The van der Waals surface area contributed by atoms with Crippen LogP contribution in [0.3, 0.4) is 0 Å². The van der Waals surface area contributed by atoms with Crippen LogP contribution in [0.25, 0.3) is 0 Å². The summed E-state index contributed by atoms with van der Waals surface area (Å²) in [6.45, 7) is 12.4. The Morgan fingerprint density at radius 2 is 1.70 bits per heavy atom. The second-order valence-corrected chi connectivity index (χ2v) is 6.43. The molecule has 0 aliphatic carbocycles. The highest BCUT2D eigenvalue weighted by Gasteiger charge is 2.25. The van der Waals surface area contributed by atoms with E-state index >= 15 is 0 Å². The van der Waals surface area contributed by atoms with Crippen LogP contribution in [0.15, 0.2) is 0 Å². The van der Waals surface area contributed by atoms with E-state index in [9.17, 15) is 4.79 Å². The van der Waals surface area contributed by atoms with Crippen LogP contribution < -0.4 is 5.73 Å². The monoisotopic (exact) mass is 283 g/mol. The van der Waals surface area contributed by atoms with Gasteiger partial charge in [-0.1, -0.05) is 20.3 Å². The highest BCUT2D eigenvalue weighted by Crippen LogP contribution is 2.15. The number of piperazine rings is 1. The fraction of sp³-hybridized carbons (Fsp3) is 0.938. The molecule has 1 amide bonds. The number of hydrogen-bond acceptors (Lipinski definition) is 3. The average molecular weight is 283 g/mol. The molecule has 1 aliphatic rings. The zero-order chi connectivity index (χ0) is 15.1. The lowest BCUT2D eigenvalue weighted by molar-refractivity contribution is -0.137. The Kier molecular flexibility index (Phi) is 7.52. The maximum Gasteiger partial charge on any atom is 0.225 e. The number of carbonyl (C=O) groups is 1. The molecule has 0 radical (unpaired) electrons. The van der Waals surface area contributed by atoms with E-state index in [0.29, 0.717) is 11.9 Å². The highest BCUT2D eigenvalue weighted by atomic mass is 16.2. The molecule has 1 saturated heterocycles. The summed E-state index contributed by atoms with van der Waals surface area (Å²) in [4.78, 5) is 16.9. The van der Waals surface area contributed by atoms with Gasteiger partial charge in [0.25, 0.3) is 0 Å². The van der Waals surface area contributed by atoms with Crippen molar-refractivity contribution in [3.05, 3.63) is 0 Å². The highest BCUT2D eigenvalue weighted by molar-refractivity contribution is 5.78. The molecule has 1 heterocycles. The normalized spacial score (nSPS) is 21.6. The van der Waals surface area contributed by atoms with E-state index in [1.165, 1.54) is 6.42 Å². The second kappa shape index (κ2) is 8.63. The number of rotatable bonds is 7. The minimum atomic E-state index is 0.142. The molecular formula is C16H33N3O. The third-order valence-electron chi connectivity index (χ3n) is 4.56. The van der Waals surface area contributed by atoms with Gasteiger partial charge in [0, 0.05) is 44.2 Å². The Morgan fingerprint density at radius 1 is 1.10 bits per heavy atom. The number of nitrogens with zero attached hydrogens (tertiary/aromatic N) is 2. The first kappa shape index (κ1) is 17.4. The van der Waals surface area contributed by atoms with Crippen molar-refractivity contribution in [3.8, 4) is 0 Å². The predicted octanol–water partition coefficient (Wildman–Crippen LogP) is 2.08. The fourth-order valence-corrected chi connectivity index (χ4v) is 2.82. The van der Waals surface area contributed by atoms with Crippen molar-refractivity contribution in [2.75, 3.05) is 26.2 Å². The van der Waals surface area contributed by atoms with E-state index in [1.54, 1.807) is 0 Å². The van der Waals surface area contributed by atoms with Gasteiger partial charge in [0.2, 0.25) is 5.91 Å². The summed E-state index contributed by atoms with van der Waals surface area (Å²) >= 11 is 0. The quantitative estimate of drug-likeness (QED) is 0.778. The topological polar surface area (TPSA) is 49.6 Å². The molecule has 3 unspecified atom stereocenters. The van der Waals surface area contributed by atoms with Crippen molar-refractivity contribution >= 4 is 5.91 Å². The molecular weight excluding hydrogens is 250 g/mol. The van der Waals surface area contributed by atoms with E-state index in [4.69, 9.17) is 5.73 Å². The van der Waals surface area contributed by atoms with Gasteiger partial charge in [0.05, 0.1) is 0 Å². The fourth-order valence-electron chi connectivity index (χ4n) is 2.82. The molecule has 1 fully saturated rings. The van der Waals surface area contributed by atoms with Gasteiger partial charge >= 0.3 is 0 Å². The Hall–Kier alpha value is -0.610. The zero-order valence-corrected chi connectivity index (χ0v) is 13.8. The summed E-state index contributed by atoms with van der Waals surface area (Å²) in [5, 5.41) is 0. The van der Waals surface area contributed by atoms with Crippen molar-refractivity contribution < 1.29 is 4.79 Å². The molecule has 0 aromatic carbocycles. The van der Waals surface area contributed by atoms with Crippen LogP contribution in [0.1, 0.15) is 53.4 Å². The molecule has 4 nitrogen and oxygen atoms in total. The largest absolute Gasteiger partial charge is 0.340 e. The van der Waals surface area contributed by atoms with Gasteiger partial charge in [-0.2, -0.15) is 0 Å². The summed E-state index contributed by atoms with van der Waals surface area (Å²) < 4.78 is 0. The summed E-state index contributed by atoms with van der Waals surface area (Å²) in [5.74, 6) is 0.474. The first-order chi connectivity index (χ1) is 9.45. The third-order valence-corrected chi connectivity index (χ3v) is 4.56. The summed E-state index contributed by atoms with van der Waals surface area (Å²) in [5.41, 5.74) is 5.75. The third kappa shape index (κ3) is 5.41. The van der Waals surface area contributed by atoms with Crippen LogP contribution in [0.2, 0.25) is 0 Å². The van der Waals surface area contributed by atoms with E-state index in [-0.39, 0.29) is 12.0 Å². The Bertz CT molecular complexity index is 285. The molecule has 0 spiro atoms. The SMILES string of the molecule is CCC(C)N1CCN(C(=O)C(C)CCCC(C)N)CC1. The van der Waals surface area contributed by atoms with E-state index in [0.717, 1.165) is 45.4 Å². The first-order valence-corrected chi connectivity index (χ1v) is 8.24. The minimum absolute atomic E-state index is 0.142. The molecule has 0 aromatic heterocycles. The van der Waals surface area contributed by atoms with Crippen molar-refractivity contribution in [1.29, 1.82) is 0 Å². The molecule has 118 valence electrons. The molecule has 4 heteroatoms. The standard InChI is InChI=1S/C16H33N3O/c1-5-15(4)18-9-11-19(12-10-18)16(20)13(2)7-6-8-14(3)17/h13-15H,5-12,17H2,1-4H3. The van der Waals surface area contributed by atoms with Crippen molar-refractivity contribution in [1.82, 2.24) is 9.80 Å². The van der Waals surface area contributed by atoms with Gasteiger partial charge in [0.15, 0.2) is 0 Å². The van der Waals surface area contributed by atoms with Gasteiger partial charge in [-0.3, -0.25) is 9.69 Å². The van der Waals surface area contributed by atoms with Crippen LogP contribution >= 0.6 is 0 Å². The van der Waals surface area contributed by atoms with Crippen LogP contribution in [-0.4, -0.2) is 54.0 Å². The lowest BCUT2D eigenvalue weighted by Gasteiger charge is -2.38.